The first-order valence-corrected chi connectivity index (χ1v) is 10.7. The number of morpholine rings is 1. The fourth-order valence-corrected chi connectivity index (χ4v) is 3.80. The summed E-state index contributed by atoms with van der Waals surface area (Å²) in [6, 6.07) is 15.0. The van der Waals surface area contributed by atoms with E-state index < -0.39 is 5.60 Å². The first kappa shape index (κ1) is 21.7. The van der Waals surface area contributed by atoms with Crippen LogP contribution in [-0.4, -0.2) is 58.0 Å². The Kier molecular flexibility index (Phi) is 6.82. The van der Waals surface area contributed by atoms with Gasteiger partial charge in [-0.2, -0.15) is 4.80 Å². The average molecular weight is 461 g/mol. The van der Waals surface area contributed by atoms with Gasteiger partial charge in [0.1, 0.15) is 12.1 Å². The van der Waals surface area contributed by atoms with Gasteiger partial charge in [-0.15, -0.1) is 10.2 Å². The van der Waals surface area contributed by atoms with E-state index in [0.29, 0.717) is 42.0 Å². The maximum absolute atomic E-state index is 12.5. The summed E-state index contributed by atoms with van der Waals surface area (Å²) in [6.45, 7) is 2.23. The number of nitrogens with zero attached hydrogens (tertiary/aromatic N) is 4. The summed E-state index contributed by atoms with van der Waals surface area (Å²) < 4.78 is 6.10. The summed E-state index contributed by atoms with van der Waals surface area (Å²) in [5.41, 5.74) is 1.24. The molecule has 0 bridgehead atoms. The first-order chi connectivity index (χ1) is 15.0. The highest BCUT2D eigenvalue weighted by Crippen LogP contribution is 2.26. The summed E-state index contributed by atoms with van der Waals surface area (Å²) in [5, 5.41) is 19.6. The zero-order chi connectivity index (χ0) is 21.7. The van der Waals surface area contributed by atoms with Gasteiger partial charge < -0.3 is 15.4 Å². The third-order valence-electron chi connectivity index (χ3n) is 5.02. The van der Waals surface area contributed by atoms with Gasteiger partial charge >= 0.3 is 0 Å². The van der Waals surface area contributed by atoms with Gasteiger partial charge in [0.05, 0.1) is 16.7 Å². The predicted octanol–water partition coefficient (Wildman–Crippen LogP) is 2.36. The van der Waals surface area contributed by atoms with Crippen LogP contribution in [0.1, 0.15) is 5.56 Å². The molecule has 0 spiro atoms. The lowest BCUT2D eigenvalue weighted by atomic mass is 9.92. The molecule has 1 amide bonds. The van der Waals surface area contributed by atoms with E-state index in [9.17, 15) is 4.79 Å². The number of hydrogen-bond donors (Lipinski definition) is 2. The SMILES string of the molecule is O=C(Cn1nnc(-c2ccccc2)n1)NC[C@]1(Cc2ccc(Cl)c(Cl)c2)CNCCO1. The molecule has 10 heteroatoms. The number of nitrogens with one attached hydrogen (secondary N) is 2. The van der Waals surface area contributed by atoms with Crippen LogP contribution in [0.15, 0.2) is 48.5 Å². The lowest BCUT2D eigenvalue weighted by Gasteiger charge is -2.38. The predicted molar refractivity (Wildman–Crippen MR) is 118 cm³/mol. The van der Waals surface area contributed by atoms with Crippen LogP contribution < -0.4 is 10.6 Å². The van der Waals surface area contributed by atoms with Crippen LogP contribution in [0.2, 0.25) is 10.0 Å². The van der Waals surface area contributed by atoms with Crippen molar-refractivity contribution in [3.63, 3.8) is 0 Å². The molecule has 1 fully saturated rings. The number of tetrazole rings is 1. The van der Waals surface area contributed by atoms with Gasteiger partial charge in [0.15, 0.2) is 0 Å². The number of halogens is 2. The highest BCUT2D eigenvalue weighted by Gasteiger charge is 2.34. The fraction of sp³-hybridized carbons (Fsp3) is 0.333. The highest BCUT2D eigenvalue weighted by molar-refractivity contribution is 6.42. The Bertz CT molecular complexity index is 1040. The van der Waals surface area contributed by atoms with Crippen LogP contribution in [0.3, 0.4) is 0 Å². The fourth-order valence-electron chi connectivity index (χ4n) is 3.48. The molecule has 0 radical (unpaired) electrons. The monoisotopic (exact) mass is 460 g/mol. The molecule has 0 aliphatic carbocycles. The van der Waals surface area contributed by atoms with E-state index in [-0.39, 0.29) is 12.5 Å². The van der Waals surface area contributed by atoms with E-state index in [1.54, 1.807) is 6.07 Å². The van der Waals surface area contributed by atoms with E-state index in [0.717, 1.165) is 17.7 Å². The third-order valence-corrected chi connectivity index (χ3v) is 5.76. The van der Waals surface area contributed by atoms with Gasteiger partial charge in [-0.05, 0) is 22.9 Å². The Morgan fingerprint density at radius 3 is 2.77 bits per heavy atom. The Labute approximate surface area is 189 Å². The molecule has 1 aromatic heterocycles. The van der Waals surface area contributed by atoms with Crippen molar-refractivity contribution in [2.45, 2.75) is 18.6 Å². The maximum atomic E-state index is 12.5. The Hall–Kier alpha value is -2.52. The van der Waals surface area contributed by atoms with Gasteiger partial charge in [0.2, 0.25) is 11.7 Å². The molecule has 31 heavy (non-hydrogen) atoms. The Balaban J connectivity index is 1.38. The van der Waals surface area contributed by atoms with Crippen molar-refractivity contribution in [1.29, 1.82) is 0 Å². The standard InChI is InChI=1S/C21H22Cl2N6O2/c22-17-7-6-15(10-18(17)23)11-21(13-24-8-9-31-21)14-25-19(30)12-29-27-20(26-28-29)16-4-2-1-3-5-16/h1-7,10,24H,8-9,11-14H2,(H,25,30)/t21-/m0/s1. The molecule has 0 unspecified atom stereocenters. The molecular formula is C21H22Cl2N6O2. The minimum absolute atomic E-state index is 0.0316. The van der Waals surface area contributed by atoms with E-state index in [1.807, 2.05) is 42.5 Å². The molecule has 1 aliphatic heterocycles. The van der Waals surface area contributed by atoms with Gasteiger partial charge in [-0.25, -0.2) is 0 Å². The molecule has 2 N–H and O–H groups in total. The van der Waals surface area contributed by atoms with Crippen LogP contribution in [0.5, 0.6) is 0 Å². The molecular weight excluding hydrogens is 439 g/mol. The topological polar surface area (TPSA) is 94.0 Å². The Morgan fingerprint density at radius 1 is 1.19 bits per heavy atom. The van der Waals surface area contributed by atoms with Crippen molar-refractivity contribution in [3.05, 3.63) is 64.1 Å². The van der Waals surface area contributed by atoms with Gasteiger partial charge in [-0.1, -0.05) is 59.6 Å². The zero-order valence-electron chi connectivity index (χ0n) is 16.7. The van der Waals surface area contributed by atoms with Gasteiger partial charge in [0, 0.05) is 31.6 Å². The van der Waals surface area contributed by atoms with Crippen molar-refractivity contribution in [2.75, 3.05) is 26.2 Å². The Morgan fingerprint density at radius 2 is 2.03 bits per heavy atom. The lowest BCUT2D eigenvalue weighted by molar-refractivity contribution is -0.125. The number of amides is 1. The normalized spacial score (nSPS) is 18.6. The largest absolute Gasteiger partial charge is 0.370 e. The molecule has 0 saturated carbocycles. The number of carbonyl (C=O) groups is 1. The summed E-state index contributed by atoms with van der Waals surface area (Å²) in [7, 11) is 0. The molecule has 1 saturated heterocycles. The van der Waals surface area contributed by atoms with Crippen molar-refractivity contribution < 1.29 is 9.53 Å². The number of ether oxygens (including phenoxy) is 1. The molecule has 2 heterocycles. The summed E-state index contributed by atoms with van der Waals surface area (Å²) in [6.07, 6.45) is 0.580. The number of aromatic nitrogens is 4. The second-order valence-electron chi connectivity index (χ2n) is 7.42. The molecule has 8 nitrogen and oxygen atoms in total. The van der Waals surface area contributed by atoms with Crippen LogP contribution >= 0.6 is 23.2 Å². The molecule has 4 rings (SSSR count). The van der Waals surface area contributed by atoms with E-state index in [4.69, 9.17) is 27.9 Å². The van der Waals surface area contributed by atoms with Crippen LogP contribution in [0.4, 0.5) is 0 Å². The number of carbonyl (C=O) groups excluding carboxylic acids is 1. The lowest BCUT2D eigenvalue weighted by Crippen LogP contribution is -2.57. The number of rotatable bonds is 7. The van der Waals surface area contributed by atoms with E-state index >= 15 is 0 Å². The molecule has 2 aromatic carbocycles. The molecule has 162 valence electrons. The second kappa shape index (κ2) is 9.74. The van der Waals surface area contributed by atoms with Crippen molar-refractivity contribution in [2.24, 2.45) is 0 Å². The average Bonchev–Trinajstić information content (AvgIpc) is 3.25. The van der Waals surface area contributed by atoms with Gasteiger partial charge in [0.25, 0.3) is 0 Å². The zero-order valence-corrected chi connectivity index (χ0v) is 18.2. The number of benzene rings is 2. The quantitative estimate of drug-likeness (QED) is 0.561. The van der Waals surface area contributed by atoms with Crippen molar-refractivity contribution in [3.8, 4) is 11.4 Å². The van der Waals surface area contributed by atoms with Crippen LogP contribution in [0, 0.1) is 0 Å². The number of hydrogen-bond acceptors (Lipinski definition) is 6. The maximum Gasteiger partial charge on any atom is 0.243 e. The molecule has 1 aliphatic rings. The molecule has 3 aromatic rings. The van der Waals surface area contributed by atoms with Crippen LogP contribution in [0.25, 0.3) is 11.4 Å². The van der Waals surface area contributed by atoms with Crippen molar-refractivity contribution >= 4 is 29.1 Å². The summed E-state index contributed by atoms with van der Waals surface area (Å²) >= 11 is 12.2. The van der Waals surface area contributed by atoms with Gasteiger partial charge in [-0.3, -0.25) is 4.79 Å². The van der Waals surface area contributed by atoms with Crippen molar-refractivity contribution in [1.82, 2.24) is 30.8 Å². The van der Waals surface area contributed by atoms with E-state index in [1.165, 1.54) is 4.80 Å². The summed E-state index contributed by atoms with van der Waals surface area (Å²) in [4.78, 5) is 13.8. The minimum atomic E-state index is -0.587. The highest BCUT2D eigenvalue weighted by atomic mass is 35.5. The first-order valence-electron chi connectivity index (χ1n) is 9.92. The minimum Gasteiger partial charge on any atom is -0.370 e. The summed E-state index contributed by atoms with van der Waals surface area (Å²) in [5.74, 6) is 0.254. The molecule has 1 atom stereocenters. The van der Waals surface area contributed by atoms with Crippen LogP contribution in [-0.2, 0) is 22.5 Å². The second-order valence-corrected chi connectivity index (χ2v) is 8.23. The smallest absolute Gasteiger partial charge is 0.243 e. The third kappa shape index (κ3) is 5.59. The van der Waals surface area contributed by atoms with E-state index in [2.05, 4.69) is 26.0 Å².